The second-order valence-corrected chi connectivity index (χ2v) is 6.70. The third-order valence-corrected chi connectivity index (χ3v) is 4.81. The quantitative estimate of drug-likeness (QED) is 0.310. The highest BCUT2D eigenvalue weighted by molar-refractivity contribution is 5.16. The summed E-state index contributed by atoms with van der Waals surface area (Å²) < 4.78 is 17.7. The molecule has 1 N–H and O–H groups in total. The first-order valence-electron chi connectivity index (χ1n) is 9.24. The van der Waals surface area contributed by atoms with Crippen LogP contribution in [0.1, 0.15) is 45.3 Å². The summed E-state index contributed by atoms with van der Waals surface area (Å²) in [5, 5.41) is 14.3. The topological polar surface area (TPSA) is 96.7 Å². The Morgan fingerprint density at radius 1 is 1.35 bits per heavy atom. The normalized spacial score (nSPS) is 29.8. The molecule has 1 aliphatic rings. The number of azide groups is 1. The highest BCUT2D eigenvalue weighted by Gasteiger charge is 2.43. The van der Waals surface area contributed by atoms with Crippen molar-refractivity contribution in [2.75, 3.05) is 13.2 Å². The predicted octanol–water partition coefficient (Wildman–Crippen LogP) is 3.98. The molecule has 0 spiro atoms. The zero-order valence-corrected chi connectivity index (χ0v) is 15.7. The Bertz CT molecular complexity index is 579. The van der Waals surface area contributed by atoms with Gasteiger partial charge in [-0.25, -0.2) is 0 Å². The van der Waals surface area contributed by atoms with Crippen molar-refractivity contribution in [1.82, 2.24) is 0 Å². The first-order chi connectivity index (χ1) is 12.6. The Kier molecular flexibility index (Phi) is 8.35. The van der Waals surface area contributed by atoms with Gasteiger partial charge in [-0.3, -0.25) is 0 Å². The van der Waals surface area contributed by atoms with E-state index in [4.69, 9.17) is 19.7 Å². The maximum absolute atomic E-state index is 10.6. The average molecular weight is 363 g/mol. The Morgan fingerprint density at radius 2 is 2.08 bits per heavy atom. The molecule has 2 rings (SSSR count). The number of nitrogens with zero attached hydrogens (tertiary/aromatic N) is 3. The third-order valence-electron chi connectivity index (χ3n) is 4.81. The molecule has 3 unspecified atom stereocenters. The van der Waals surface area contributed by atoms with Crippen molar-refractivity contribution >= 4 is 0 Å². The molecule has 1 heterocycles. The minimum Gasteiger partial charge on any atom is -0.392 e. The summed E-state index contributed by atoms with van der Waals surface area (Å²) in [6.45, 7) is 6.73. The molecule has 7 heteroatoms. The number of aliphatic hydroxyl groups is 1. The molecule has 1 aromatic rings. The van der Waals surface area contributed by atoms with E-state index in [0.29, 0.717) is 13.2 Å². The molecule has 0 aromatic heterocycles. The van der Waals surface area contributed by atoms with E-state index in [0.717, 1.165) is 18.4 Å². The maximum atomic E-state index is 10.6. The van der Waals surface area contributed by atoms with Crippen LogP contribution in [0.3, 0.4) is 0 Å². The summed E-state index contributed by atoms with van der Waals surface area (Å²) >= 11 is 0. The zero-order valence-electron chi connectivity index (χ0n) is 15.7. The molecule has 1 saturated heterocycles. The number of ether oxygens (including phenoxy) is 3. The van der Waals surface area contributed by atoms with Gasteiger partial charge in [0.1, 0.15) is 6.04 Å². The van der Waals surface area contributed by atoms with Crippen LogP contribution in [-0.4, -0.2) is 42.9 Å². The first kappa shape index (κ1) is 20.7. The number of benzene rings is 1. The SMILES string of the molecule is CCCCO[C@@H]1OC(COC(C)c2ccccc2)[C@H](C)[C@@H](O)C1N=[N+]=[N-]. The van der Waals surface area contributed by atoms with Crippen molar-refractivity contribution in [3.63, 3.8) is 0 Å². The number of unbranched alkanes of at least 4 members (excludes halogenated alkanes) is 1. The lowest BCUT2D eigenvalue weighted by Gasteiger charge is -2.42. The second-order valence-electron chi connectivity index (χ2n) is 6.70. The number of hydrogen-bond acceptors (Lipinski definition) is 5. The van der Waals surface area contributed by atoms with Gasteiger partial charge in [-0.2, -0.15) is 0 Å². The van der Waals surface area contributed by atoms with Crippen LogP contribution in [-0.2, 0) is 14.2 Å². The van der Waals surface area contributed by atoms with E-state index in [1.165, 1.54) is 0 Å². The Morgan fingerprint density at radius 3 is 2.73 bits per heavy atom. The third kappa shape index (κ3) is 5.43. The monoisotopic (exact) mass is 363 g/mol. The predicted molar refractivity (Wildman–Crippen MR) is 98.4 cm³/mol. The van der Waals surface area contributed by atoms with Crippen LogP contribution < -0.4 is 0 Å². The minimum atomic E-state index is -0.841. The van der Waals surface area contributed by atoms with Gasteiger partial charge in [0.25, 0.3) is 0 Å². The molecule has 1 fully saturated rings. The van der Waals surface area contributed by atoms with Gasteiger partial charge in [0, 0.05) is 17.4 Å². The molecule has 0 saturated carbocycles. The molecule has 1 aliphatic heterocycles. The van der Waals surface area contributed by atoms with E-state index in [-0.39, 0.29) is 18.1 Å². The molecule has 0 bridgehead atoms. The Balaban J connectivity index is 1.99. The number of rotatable bonds is 9. The van der Waals surface area contributed by atoms with E-state index < -0.39 is 18.4 Å². The molecule has 7 nitrogen and oxygen atoms in total. The van der Waals surface area contributed by atoms with Crippen LogP contribution in [0.4, 0.5) is 0 Å². The molecule has 1 aromatic carbocycles. The lowest BCUT2D eigenvalue weighted by atomic mass is 9.90. The van der Waals surface area contributed by atoms with Gasteiger partial charge in [-0.15, -0.1) is 0 Å². The lowest BCUT2D eigenvalue weighted by Crippen LogP contribution is -2.54. The van der Waals surface area contributed by atoms with Gasteiger partial charge in [-0.05, 0) is 24.4 Å². The molecular formula is C19H29N3O4. The fourth-order valence-corrected chi connectivity index (χ4v) is 2.98. The van der Waals surface area contributed by atoms with E-state index in [9.17, 15) is 5.11 Å². The highest BCUT2D eigenvalue weighted by Crippen LogP contribution is 2.30. The fourth-order valence-electron chi connectivity index (χ4n) is 2.98. The van der Waals surface area contributed by atoms with Gasteiger partial charge in [0.15, 0.2) is 6.29 Å². The fraction of sp³-hybridized carbons (Fsp3) is 0.684. The van der Waals surface area contributed by atoms with Crippen LogP contribution in [0.5, 0.6) is 0 Å². The maximum Gasteiger partial charge on any atom is 0.169 e. The summed E-state index contributed by atoms with van der Waals surface area (Å²) in [5.74, 6) is -0.237. The first-order valence-corrected chi connectivity index (χ1v) is 9.24. The van der Waals surface area contributed by atoms with E-state index in [2.05, 4.69) is 16.9 Å². The molecular weight excluding hydrogens is 334 g/mol. The van der Waals surface area contributed by atoms with Crippen molar-refractivity contribution in [3.8, 4) is 0 Å². The van der Waals surface area contributed by atoms with Crippen molar-refractivity contribution in [2.24, 2.45) is 11.0 Å². The Labute approximate surface area is 154 Å². The zero-order chi connectivity index (χ0) is 18.9. The van der Waals surface area contributed by atoms with Crippen LogP contribution in [0, 0.1) is 5.92 Å². The van der Waals surface area contributed by atoms with Gasteiger partial charge in [-0.1, -0.05) is 55.7 Å². The average Bonchev–Trinajstić information content (AvgIpc) is 2.66. The van der Waals surface area contributed by atoms with E-state index >= 15 is 0 Å². The van der Waals surface area contributed by atoms with Crippen molar-refractivity contribution in [1.29, 1.82) is 0 Å². The van der Waals surface area contributed by atoms with Crippen LogP contribution in [0.2, 0.25) is 0 Å². The molecule has 0 amide bonds. The molecule has 0 radical (unpaired) electrons. The van der Waals surface area contributed by atoms with Crippen LogP contribution in [0.25, 0.3) is 10.4 Å². The molecule has 144 valence electrons. The van der Waals surface area contributed by atoms with Gasteiger partial charge < -0.3 is 19.3 Å². The number of hydrogen-bond donors (Lipinski definition) is 1. The van der Waals surface area contributed by atoms with Crippen molar-refractivity contribution in [3.05, 3.63) is 46.3 Å². The highest BCUT2D eigenvalue weighted by atomic mass is 16.7. The molecule has 6 atom stereocenters. The minimum absolute atomic E-state index is 0.0848. The summed E-state index contributed by atoms with van der Waals surface area (Å²) in [5.41, 5.74) is 9.87. The summed E-state index contributed by atoms with van der Waals surface area (Å²) in [4.78, 5) is 2.84. The second kappa shape index (κ2) is 10.5. The van der Waals surface area contributed by atoms with Crippen LogP contribution in [0.15, 0.2) is 35.4 Å². The van der Waals surface area contributed by atoms with Gasteiger partial charge >= 0.3 is 0 Å². The standard InChI is InChI=1S/C19H29N3O4/c1-4-5-11-24-19-17(21-22-20)18(23)13(2)16(26-19)12-25-14(3)15-9-7-6-8-10-15/h6-10,13-14,16-19,23H,4-5,11-12H2,1-3H3/t13-,14?,16?,17?,18+,19+/m0/s1. The summed E-state index contributed by atoms with van der Waals surface area (Å²) in [6.07, 6.45) is -0.165. The van der Waals surface area contributed by atoms with Gasteiger partial charge in [0.2, 0.25) is 0 Å². The van der Waals surface area contributed by atoms with Gasteiger partial charge in [0.05, 0.1) is 24.9 Å². The number of aliphatic hydroxyl groups excluding tert-OH is 1. The largest absolute Gasteiger partial charge is 0.392 e. The Hall–Kier alpha value is -1.63. The van der Waals surface area contributed by atoms with Crippen LogP contribution >= 0.6 is 0 Å². The van der Waals surface area contributed by atoms with Crippen molar-refractivity contribution in [2.45, 2.75) is 64.3 Å². The summed E-state index contributed by atoms with van der Waals surface area (Å²) in [6, 6.07) is 9.18. The molecule has 26 heavy (non-hydrogen) atoms. The van der Waals surface area contributed by atoms with E-state index in [1.807, 2.05) is 44.2 Å². The van der Waals surface area contributed by atoms with E-state index in [1.54, 1.807) is 0 Å². The lowest BCUT2D eigenvalue weighted by molar-refractivity contribution is -0.254. The smallest absolute Gasteiger partial charge is 0.169 e. The molecule has 0 aliphatic carbocycles. The van der Waals surface area contributed by atoms with Crippen molar-refractivity contribution < 1.29 is 19.3 Å². The summed E-state index contributed by atoms with van der Waals surface area (Å²) in [7, 11) is 0.